The first-order valence-electron chi connectivity index (χ1n) is 13.2. The van der Waals surface area contributed by atoms with Crippen molar-refractivity contribution in [3.8, 4) is 17.0 Å². The number of carbonyl (C=O) groups excluding carboxylic acids is 2. The summed E-state index contributed by atoms with van der Waals surface area (Å²) < 4.78 is 37.4. The minimum atomic E-state index is -0.995. The van der Waals surface area contributed by atoms with E-state index in [2.05, 4.69) is 10.2 Å². The van der Waals surface area contributed by atoms with E-state index in [0.29, 0.717) is 30.0 Å². The summed E-state index contributed by atoms with van der Waals surface area (Å²) in [6, 6.07) is 12.3. The highest BCUT2D eigenvalue weighted by Gasteiger charge is 2.58. The van der Waals surface area contributed by atoms with Gasteiger partial charge >= 0.3 is 6.16 Å². The largest absolute Gasteiger partial charge is 0.510 e. The minimum absolute atomic E-state index is 0.0493. The van der Waals surface area contributed by atoms with Gasteiger partial charge in [-0.15, -0.1) is 11.8 Å². The van der Waals surface area contributed by atoms with E-state index in [1.54, 1.807) is 16.7 Å². The number of nitrogens with one attached hydrogen (secondary N) is 1. The predicted molar refractivity (Wildman–Crippen MR) is 146 cm³/mol. The number of aromatic nitrogens is 1. The molecule has 1 saturated carbocycles. The Balaban J connectivity index is 1.40. The number of methoxy groups -OCH3 is 1. The van der Waals surface area contributed by atoms with E-state index in [1.165, 1.54) is 22.9 Å². The molecule has 2 fully saturated rings. The van der Waals surface area contributed by atoms with Gasteiger partial charge in [-0.1, -0.05) is 18.2 Å². The molecular weight excluding hydrogens is 553 g/mol. The number of benzene rings is 2. The Morgan fingerprint density at radius 3 is 2.83 bits per heavy atom. The quantitative estimate of drug-likeness (QED) is 0.364. The number of rotatable bonds is 4. The number of nitrogens with zero attached hydrogens (tertiary/aromatic N) is 2. The fourth-order valence-corrected chi connectivity index (χ4v) is 7.00. The number of pyridine rings is 1. The number of fused-ring (bicyclic) bond motifs is 5. The van der Waals surface area contributed by atoms with Gasteiger partial charge in [0.1, 0.15) is 12.0 Å². The summed E-state index contributed by atoms with van der Waals surface area (Å²) in [6.07, 6.45) is 0.577. The molecule has 1 saturated heterocycles. The first-order valence-corrected chi connectivity index (χ1v) is 14.2. The molecular formula is C29H26FN3O7S. The molecule has 1 atom stereocenters. The molecule has 12 heteroatoms. The maximum absolute atomic E-state index is 15.1. The van der Waals surface area contributed by atoms with Crippen LogP contribution < -0.4 is 15.6 Å². The first-order chi connectivity index (χ1) is 19.9. The van der Waals surface area contributed by atoms with E-state index in [4.69, 9.17) is 14.2 Å². The van der Waals surface area contributed by atoms with Crippen LogP contribution >= 0.6 is 11.8 Å². The van der Waals surface area contributed by atoms with Crippen molar-refractivity contribution in [2.75, 3.05) is 32.5 Å². The lowest BCUT2D eigenvalue weighted by atomic mass is 9.93. The molecule has 7 rings (SSSR count). The smallest absolute Gasteiger partial charge is 0.451 e. The van der Waals surface area contributed by atoms with Crippen molar-refractivity contribution in [2.24, 2.45) is 0 Å². The molecule has 1 amide bonds. The molecule has 3 aromatic rings. The maximum Gasteiger partial charge on any atom is 0.510 e. The topological polar surface area (TPSA) is 108 Å². The Labute approximate surface area is 238 Å². The summed E-state index contributed by atoms with van der Waals surface area (Å²) in [6.45, 7) is 0.00493. The zero-order valence-electron chi connectivity index (χ0n) is 22.1. The van der Waals surface area contributed by atoms with E-state index < -0.39 is 41.8 Å². The van der Waals surface area contributed by atoms with Crippen LogP contribution in [0.25, 0.3) is 11.3 Å². The highest BCUT2D eigenvalue weighted by molar-refractivity contribution is 7.98. The van der Waals surface area contributed by atoms with Crippen LogP contribution in [-0.4, -0.2) is 60.5 Å². The average Bonchev–Trinajstić information content (AvgIpc) is 3.76. The third kappa shape index (κ3) is 4.32. The van der Waals surface area contributed by atoms with E-state index in [1.807, 2.05) is 24.3 Å². The van der Waals surface area contributed by atoms with E-state index in [0.717, 1.165) is 41.5 Å². The van der Waals surface area contributed by atoms with Crippen LogP contribution in [0.4, 0.5) is 9.18 Å². The SMILES string of the molecule is COC(=O)OCOc1c2n(c(-c3cc(F)cc4c3Cc3ccccc3SC4)cc1=O)N[C@@H]1COCC3(CC3)N1C2=O. The molecule has 10 nitrogen and oxygen atoms in total. The van der Waals surface area contributed by atoms with Crippen LogP contribution in [0, 0.1) is 5.82 Å². The van der Waals surface area contributed by atoms with Crippen LogP contribution in [0.15, 0.2) is 52.2 Å². The molecule has 1 N–H and O–H groups in total. The first kappa shape index (κ1) is 25.9. The maximum atomic E-state index is 15.1. The number of hydrogen-bond acceptors (Lipinski definition) is 9. The second-order valence-electron chi connectivity index (χ2n) is 10.5. The number of amides is 1. The molecule has 0 radical (unpaired) electrons. The van der Waals surface area contributed by atoms with Crippen LogP contribution in [-0.2, 0) is 26.4 Å². The Kier molecular flexibility index (Phi) is 6.20. The molecule has 3 aliphatic heterocycles. The van der Waals surface area contributed by atoms with Crippen molar-refractivity contribution >= 4 is 23.8 Å². The summed E-state index contributed by atoms with van der Waals surface area (Å²) in [5, 5.41) is 0. The van der Waals surface area contributed by atoms with Gasteiger partial charge in [0.15, 0.2) is 5.69 Å². The minimum Gasteiger partial charge on any atom is -0.451 e. The Morgan fingerprint density at radius 1 is 1.20 bits per heavy atom. The zero-order chi connectivity index (χ0) is 28.3. The van der Waals surface area contributed by atoms with E-state index in [-0.39, 0.29) is 18.1 Å². The molecule has 1 aliphatic carbocycles. The summed E-state index contributed by atoms with van der Waals surface area (Å²) in [5.74, 6) is -0.579. The van der Waals surface area contributed by atoms with Crippen molar-refractivity contribution < 1.29 is 32.9 Å². The van der Waals surface area contributed by atoms with Crippen molar-refractivity contribution in [3.05, 3.63) is 80.9 Å². The Bertz CT molecular complexity index is 1650. The van der Waals surface area contributed by atoms with Crippen LogP contribution in [0.5, 0.6) is 5.75 Å². The second kappa shape index (κ2) is 9.81. The van der Waals surface area contributed by atoms with Gasteiger partial charge in [0.2, 0.25) is 18.0 Å². The van der Waals surface area contributed by atoms with Gasteiger partial charge in [-0.2, -0.15) is 0 Å². The summed E-state index contributed by atoms with van der Waals surface area (Å²) in [5.41, 5.74) is 5.85. The van der Waals surface area contributed by atoms with Gasteiger partial charge in [0, 0.05) is 22.3 Å². The van der Waals surface area contributed by atoms with Crippen LogP contribution in [0.1, 0.15) is 40.0 Å². The predicted octanol–water partition coefficient (Wildman–Crippen LogP) is 3.86. The van der Waals surface area contributed by atoms with Crippen molar-refractivity contribution in [1.29, 1.82) is 0 Å². The fraction of sp³-hybridized carbons (Fsp3) is 0.345. The standard InChI is InChI=1S/C29H26FN3O7S/c1-37-28(36)40-15-39-26-22(34)11-21(33-25(26)27(35)32-24(31-33)12-38-14-29(32)6-7-29)20-10-18(30)8-17-13-41-23-5-3-2-4-16(23)9-19(17)20/h2-5,8,10-11,24,31H,6-7,9,12-15H2,1H3/t24-/m0/s1. The number of halogens is 1. The van der Waals surface area contributed by atoms with Crippen molar-refractivity contribution in [2.45, 2.75) is 41.6 Å². The number of carbonyl (C=O) groups is 2. The molecule has 1 aromatic heterocycles. The van der Waals surface area contributed by atoms with Crippen LogP contribution in [0.3, 0.4) is 0 Å². The van der Waals surface area contributed by atoms with Gasteiger partial charge in [0.05, 0.1) is 31.6 Å². The summed E-state index contributed by atoms with van der Waals surface area (Å²) >= 11 is 1.63. The van der Waals surface area contributed by atoms with Gasteiger partial charge in [0.25, 0.3) is 5.91 Å². The molecule has 4 heterocycles. The molecule has 41 heavy (non-hydrogen) atoms. The third-order valence-electron chi connectivity index (χ3n) is 8.02. The van der Waals surface area contributed by atoms with E-state index in [9.17, 15) is 14.4 Å². The molecule has 0 unspecified atom stereocenters. The fourth-order valence-electron chi connectivity index (χ4n) is 5.93. The normalized spacial score (nSPS) is 19.6. The molecule has 212 valence electrons. The van der Waals surface area contributed by atoms with Crippen LogP contribution in [0.2, 0.25) is 0 Å². The summed E-state index contributed by atoms with van der Waals surface area (Å²) in [7, 11) is 1.15. The number of morpholine rings is 1. The van der Waals surface area contributed by atoms with Crippen molar-refractivity contribution in [3.63, 3.8) is 0 Å². The molecule has 0 bridgehead atoms. The highest BCUT2D eigenvalue weighted by atomic mass is 32.2. The lowest BCUT2D eigenvalue weighted by Crippen LogP contribution is -2.64. The summed E-state index contributed by atoms with van der Waals surface area (Å²) in [4.78, 5) is 42.1. The van der Waals surface area contributed by atoms with Gasteiger partial charge in [-0.3, -0.25) is 9.59 Å². The average molecular weight is 580 g/mol. The number of ether oxygens (including phenoxy) is 4. The van der Waals surface area contributed by atoms with Crippen molar-refractivity contribution in [1.82, 2.24) is 9.58 Å². The lowest BCUT2D eigenvalue weighted by Gasteiger charge is -2.47. The van der Waals surface area contributed by atoms with Gasteiger partial charge in [-0.25, -0.2) is 13.9 Å². The van der Waals surface area contributed by atoms with E-state index >= 15 is 4.39 Å². The number of thioether (sulfide) groups is 1. The third-order valence-corrected chi connectivity index (χ3v) is 9.18. The molecule has 4 aliphatic rings. The number of hydrogen-bond donors (Lipinski definition) is 1. The van der Waals surface area contributed by atoms with Gasteiger partial charge < -0.3 is 29.3 Å². The zero-order valence-corrected chi connectivity index (χ0v) is 22.9. The monoisotopic (exact) mass is 579 g/mol. The second-order valence-corrected chi connectivity index (χ2v) is 11.5. The Hall–Kier alpha value is -4.03. The van der Waals surface area contributed by atoms with Gasteiger partial charge in [-0.05, 0) is 54.2 Å². The lowest BCUT2D eigenvalue weighted by molar-refractivity contribution is -0.0467. The Morgan fingerprint density at radius 2 is 2.02 bits per heavy atom. The molecule has 1 spiro atoms. The molecule has 2 aromatic carbocycles. The highest BCUT2D eigenvalue weighted by Crippen LogP contribution is 2.48.